The Kier molecular flexibility index (Phi) is 23.1. The zero-order valence-corrected chi connectivity index (χ0v) is 17.9. The van der Waals surface area contributed by atoms with Gasteiger partial charge in [0.25, 0.3) is 0 Å². The lowest BCUT2D eigenvalue weighted by Crippen LogP contribution is -2.25. The second-order valence-electron chi connectivity index (χ2n) is 6.54. The molecule has 0 aliphatic carbocycles. The number of aliphatic hydroxyl groups is 2. The average Bonchev–Trinajstić information content (AvgIpc) is 3.19. The quantitative estimate of drug-likeness (QED) is 0.243. The first-order valence-corrected chi connectivity index (χ1v) is 9.51. The van der Waals surface area contributed by atoms with E-state index >= 15 is 0 Å². The van der Waals surface area contributed by atoms with Crippen LogP contribution in [0.3, 0.4) is 0 Å². The fourth-order valence-electron chi connectivity index (χ4n) is 1.94. The smallest absolute Gasteiger partial charge is 0.408 e. The van der Waals surface area contributed by atoms with Crippen molar-refractivity contribution in [3.63, 3.8) is 0 Å². The van der Waals surface area contributed by atoms with E-state index in [-0.39, 0.29) is 34.7 Å². The van der Waals surface area contributed by atoms with Gasteiger partial charge in [-0.2, -0.15) is 0 Å². The number of ketones is 1. The van der Waals surface area contributed by atoms with E-state index in [9.17, 15) is 28.8 Å². The fraction of sp³-hybridized carbons (Fsp3) is 0.478. The number of carbonyl (C=O) groups is 6. The molecule has 1 amide bonds. The summed E-state index contributed by atoms with van der Waals surface area (Å²) in [7, 11) is 0. The summed E-state index contributed by atoms with van der Waals surface area (Å²) in [6.07, 6.45) is -5.86. The van der Waals surface area contributed by atoms with Crippen LogP contribution in [0, 0.1) is 0 Å². The van der Waals surface area contributed by atoms with E-state index < -0.39 is 61.1 Å². The molecule has 0 spiro atoms. The first-order chi connectivity index (χ1) is 15.8. The highest BCUT2D eigenvalue weighted by Crippen LogP contribution is 2.03. The zero-order valence-electron chi connectivity index (χ0n) is 17.9. The molecule has 3 atom stereocenters. The average molecular weight is 536 g/mol. The Bertz CT molecular complexity index is 855. The minimum absolute atomic E-state index is 0. The molecule has 1 aliphatic heterocycles. The summed E-state index contributed by atoms with van der Waals surface area (Å²) in [5.41, 5.74) is 0.776. The Morgan fingerprint density at radius 2 is 1.43 bits per heavy atom. The van der Waals surface area contributed by atoms with Crippen LogP contribution >= 0.6 is 0 Å². The molecule has 0 saturated carbocycles. The normalized spacial score (nSPS) is 14.2. The molecule has 0 aromatic heterocycles. The van der Waals surface area contributed by atoms with Gasteiger partial charge < -0.3 is 40.3 Å². The molecule has 1 saturated heterocycles. The maximum atomic E-state index is 11.1. The van der Waals surface area contributed by atoms with Gasteiger partial charge in [0.1, 0.15) is 6.61 Å². The first-order valence-electron chi connectivity index (χ1n) is 9.51. The molecule has 1 aromatic rings. The fourth-order valence-corrected chi connectivity index (χ4v) is 1.94. The number of nitrogens with one attached hydrogen (secondary N) is 1. The number of rotatable bonds is 9. The van der Waals surface area contributed by atoms with Crippen LogP contribution in [-0.4, -0.2) is 86.1 Å². The van der Waals surface area contributed by atoms with E-state index in [1.54, 1.807) is 24.3 Å². The van der Waals surface area contributed by atoms with Gasteiger partial charge in [-0.1, -0.05) is 52.6 Å². The number of carboxylic acid groups (broad SMARTS) is 3. The molecule has 1 aromatic carbocycles. The number of esters is 1. The van der Waals surface area contributed by atoms with E-state index in [0.717, 1.165) is 5.56 Å². The molecule has 0 radical (unpaired) electrons. The molecule has 14 heteroatoms. The summed E-state index contributed by atoms with van der Waals surface area (Å²) in [6.45, 7) is 1.73. The molecule has 2 rings (SSSR count). The molecular formula is C23H37NO13. The second-order valence-corrected chi connectivity index (χ2v) is 6.54. The number of aliphatic hydroxyl groups excluding tert-OH is 2. The van der Waals surface area contributed by atoms with Crippen molar-refractivity contribution in [3.8, 4) is 0 Å². The molecule has 212 valence electrons. The molecule has 1 heterocycles. The van der Waals surface area contributed by atoms with Gasteiger partial charge in [0.15, 0.2) is 24.1 Å². The highest BCUT2D eigenvalue weighted by atomic mass is 16.6. The van der Waals surface area contributed by atoms with Crippen LogP contribution in [0.5, 0.6) is 0 Å². The highest BCUT2D eigenvalue weighted by Gasteiger charge is 2.25. The minimum atomic E-state index is -1.79. The number of aliphatic carboxylic acids is 3. The summed E-state index contributed by atoms with van der Waals surface area (Å²) in [4.78, 5) is 61.5. The van der Waals surface area contributed by atoms with Gasteiger partial charge in [-0.25, -0.2) is 14.4 Å². The summed E-state index contributed by atoms with van der Waals surface area (Å²) in [6, 6.07) is 8.92. The highest BCUT2D eigenvalue weighted by molar-refractivity contribution is 5.86. The SMILES string of the molecule is C.C.C.CC(=O)C1CNC(=O)O1.O=C(O)CC(O)C(=O)O.O=C(O)CC(O)C(=O)OCc1ccccc1. The lowest BCUT2D eigenvalue weighted by atomic mass is 10.2. The van der Waals surface area contributed by atoms with Crippen LogP contribution in [0.25, 0.3) is 0 Å². The van der Waals surface area contributed by atoms with Crippen molar-refractivity contribution in [2.45, 2.75) is 67.0 Å². The molecule has 6 N–H and O–H groups in total. The molecule has 1 fully saturated rings. The van der Waals surface area contributed by atoms with Gasteiger partial charge in [0.05, 0.1) is 19.4 Å². The largest absolute Gasteiger partial charge is 0.481 e. The van der Waals surface area contributed by atoms with Gasteiger partial charge >= 0.3 is 30.0 Å². The van der Waals surface area contributed by atoms with Crippen molar-refractivity contribution in [2.24, 2.45) is 0 Å². The Balaban J connectivity index is -0.000000226. The van der Waals surface area contributed by atoms with Crippen LogP contribution in [0.2, 0.25) is 0 Å². The Morgan fingerprint density at radius 3 is 1.76 bits per heavy atom. The van der Waals surface area contributed by atoms with E-state index in [2.05, 4.69) is 10.1 Å². The number of Topliss-reactive ketones (excluding diaryl/α,β-unsaturated/α-hetero) is 1. The van der Waals surface area contributed by atoms with Crippen LogP contribution in [0.15, 0.2) is 30.3 Å². The van der Waals surface area contributed by atoms with Crippen LogP contribution in [-0.2, 0) is 40.1 Å². The number of hydrogen-bond donors (Lipinski definition) is 6. The van der Waals surface area contributed by atoms with Crippen LogP contribution in [0.4, 0.5) is 4.79 Å². The summed E-state index contributed by atoms with van der Waals surface area (Å²) < 4.78 is 9.26. The Morgan fingerprint density at radius 1 is 0.946 bits per heavy atom. The zero-order chi connectivity index (χ0) is 26.3. The standard InChI is InChI=1S/C11H12O5.C5H7NO3.C4H6O5.3CH4/c12-9(6-10(13)14)11(15)16-7-8-4-2-1-3-5-8;1-3(7)4-2-6-5(8)9-4;5-2(4(8)9)1-3(6)7;;;/h1-5,9,12H,6-7H2,(H,13,14);4H,2H2,1H3,(H,6,8);2,5H,1H2,(H,6,7)(H,8,9);3*1H4. The number of hydrogen-bond acceptors (Lipinski definition) is 10. The minimum Gasteiger partial charge on any atom is -0.481 e. The van der Waals surface area contributed by atoms with Crippen molar-refractivity contribution < 1.29 is 63.8 Å². The van der Waals surface area contributed by atoms with Crippen molar-refractivity contribution in [1.29, 1.82) is 0 Å². The number of carbonyl (C=O) groups excluding carboxylic acids is 3. The predicted octanol–water partition coefficient (Wildman–Crippen LogP) is 1.06. The van der Waals surface area contributed by atoms with Crippen molar-refractivity contribution >= 4 is 35.8 Å². The van der Waals surface area contributed by atoms with Gasteiger partial charge in [-0.3, -0.25) is 14.4 Å². The number of ether oxygens (including phenoxy) is 2. The molecule has 1 aliphatic rings. The predicted molar refractivity (Wildman–Crippen MR) is 130 cm³/mol. The number of amides is 1. The van der Waals surface area contributed by atoms with Gasteiger partial charge in [-0.15, -0.1) is 0 Å². The van der Waals surface area contributed by atoms with Gasteiger partial charge in [0.2, 0.25) is 0 Å². The molecular weight excluding hydrogens is 498 g/mol. The third-order valence-electron chi connectivity index (χ3n) is 3.65. The van der Waals surface area contributed by atoms with Gasteiger partial charge in [0, 0.05) is 0 Å². The Labute approximate surface area is 214 Å². The lowest BCUT2D eigenvalue weighted by Gasteiger charge is -2.08. The van der Waals surface area contributed by atoms with E-state index in [0.29, 0.717) is 6.54 Å². The third-order valence-corrected chi connectivity index (χ3v) is 3.65. The monoisotopic (exact) mass is 535 g/mol. The van der Waals surface area contributed by atoms with E-state index in [1.807, 2.05) is 6.07 Å². The van der Waals surface area contributed by atoms with Crippen LogP contribution in [0.1, 0.15) is 47.6 Å². The topological polar surface area (TPSA) is 234 Å². The molecule has 37 heavy (non-hydrogen) atoms. The van der Waals surface area contributed by atoms with Crippen molar-refractivity contribution in [1.82, 2.24) is 5.32 Å². The number of benzene rings is 1. The van der Waals surface area contributed by atoms with Gasteiger partial charge in [-0.05, 0) is 12.5 Å². The first kappa shape index (κ1) is 40.1. The van der Waals surface area contributed by atoms with Crippen molar-refractivity contribution in [3.05, 3.63) is 35.9 Å². The second kappa shape index (κ2) is 21.3. The maximum absolute atomic E-state index is 11.1. The number of carboxylic acids is 3. The summed E-state index contributed by atoms with van der Waals surface area (Å²) >= 11 is 0. The van der Waals surface area contributed by atoms with Crippen LogP contribution < -0.4 is 5.32 Å². The lowest BCUT2D eigenvalue weighted by molar-refractivity contribution is -0.159. The Hall–Kier alpha value is -4.04. The summed E-state index contributed by atoms with van der Waals surface area (Å²) in [5.74, 6) is -5.13. The molecule has 14 nitrogen and oxygen atoms in total. The third kappa shape index (κ3) is 19.9. The van der Waals surface area contributed by atoms with E-state index in [1.165, 1.54) is 6.92 Å². The summed E-state index contributed by atoms with van der Waals surface area (Å²) in [5, 5.41) is 44.0. The maximum Gasteiger partial charge on any atom is 0.408 e. The number of cyclic esters (lactones) is 1. The molecule has 3 unspecified atom stereocenters. The van der Waals surface area contributed by atoms with Crippen molar-refractivity contribution in [2.75, 3.05) is 6.54 Å². The molecule has 0 bridgehead atoms. The van der Waals surface area contributed by atoms with E-state index in [4.69, 9.17) is 30.3 Å². The number of alkyl carbamates (subject to hydrolysis) is 1.